The van der Waals surface area contributed by atoms with Gasteiger partial charge in [0.1, 0.15) is 6.10 Å². The molecule has 0 aromatic rings. The molecule has 0 bridgehead atoms. The summed E-state index contributed by atoms with van der Waals surface area (Å²) in [6.45, 7) is 4.28. The molecule has 2 N–H and O–H groups in total. The predicted octanol–water partition coefficient (Wildman–Crippen LogP) is 0.925. The van der Waals surface area contributed by atoms with Crippen LogP contribution in [0.15, 0.2) is 0 Å². The van der Waals surface area contributed by atoms with E-state index < -0.39 is 11.5 Å². The van der Waals surface area contributed by atoms with Crippen molar-refractivity contribution in [1.82, 2.24) is 5.32 Å². The van der Waals surface area contributed by atoms with E-state index in [0.29, 0.717) is 13.0 Å². The van der Waals surface area contributed by atoms with Crippen LogP contribution in [-0.4, -0.2) is 35.2 Å². The predicted molar refractivity (Wildman–Crippen MR) is 58.1 cm³/mol. The number of nitrogens with one attached hydrogen (secondary N) is 1. The van der Waals surface area contributed by atoms with Crippen LogP contribution < -0.4 is 5.32 Å². The van der Waals surface area contributed by atoms with Crippen molar-refractivity contribution in [1.29, 1.82) is 0 Å². The lowest BCUT2D eigenvalue weighted by Crippen LogP contribution is -2.47. The fourth-order valence-corrected chi connectivity index (χ4v) is 1.68. The first-order chi connectivity index (χ1) is 7.41. The van der Waals surface area contributed by atoms with Crippen LogP contribution in [0.1, 0.15) is 39.5 Å². The standard InChI is InChI=1S/C11H19NO4/c1-11(2,6-5-9(13)14)12-10(15)8-4-3-7-16-8/h8H,3-7H2,1-2H3,(H,12,15)(H,13,14)/t8-/m0/s1. The summed E-state index contributed by atoms with van der Waals surface area (Å²) in [4.78, 5) is 22.2. The lowest BCUT2D eigenvalue weighted by Gasteiger charge is -2.27. The highest BCUT2D eigenvalue weighted by Crippen LogP contribution is 2.16. The second kappa shape index (κ2) is 5.30. The highest BCUT2D eigenvalue weighted by Gasteiger charge is 2.28. The van der Waals surface area contributed by atoms with Gasteiger partial charge in [0.15, 0.2) is 0 Å². The van der Waals surface area contributed by atoms with Crippen molar-refractivity contribution < 1.29 is 19.4 Å². The van der Waals surface area contributed by atoms with Crippen LogP contribution in [0.3, 0.4) is 0 Å². The van der Waals surface area contributed by atoms with Gasteiger partial charge in [0.05, 0.1) is 0 Å². The maximum absolute atomic E-state index is 11.7. The Labute approximate surface area is 95.2 Å². The van der Waals surface area contributed by atoms with E-state index in [9.17, 15) is 9.59 Å². The molecule has 5 heteroatoms. The van der Waals surface area contributed by atoms with Gasteiger partial charge in [0, 0.05) is 18.6 Å². The highest BCUT2D eigenvalue weighted by atomic mass is 16.5. The second-order valence-corrected chi connectivity index (χ2v) is 4.77. The number of carbonyl (C=O) groups excluding carboxylic acids is 1. The Hall–Kier alpha value is -1.10. The topological polar surface area (TPSA) is 75.6 Å². The maximum atomic E-state index is 11.7. The van der Waals surface area contributed by atoms with Crippen LogP contribution in [0, 0.1) is 0 Å². The molecule has 1 atom stereocenters. The van der Waals surface area contributed by atoms with Crippen molar-refractivity contribution in [3.05, 3.63) is 0 Å². The first-order valence-electron chi connectivity index (χ1n) is 5.56. The Morgan fingerprint density at radius 3 is 2.69 bits per heavy atom. The molecule has 1 saturated heterocycles. The zero-order chi connectivity index (χ0) is 12.2. The maximum Gasteiger partial charge on any atom is 0.303 e. The Morgan fingerprint density at radius 2 is 2.19 bits per heavy atom. The molecule has 5 nitrogen and oxygen atoms in total. The summed E-state index contributed by atoms with van der Waals surface area (Å²) in [5, 5.41) is 11.4. The van der Waals surface area contributed by atoms with E-state index in [2.05, 4.69) is 5.32 Å². The molecule has 1 aliphatic heterocycles. The Balaban J connectivity index is 2.38. The van der Waals surface area contributed by atoms with E-state index in [0.717, 1.165) is 12.8 Å². The summed E-state index contributed by atoms with van der Waals surface area (Å²) in [5.74, 6) is -0.979. The quantitative estimate of drug-likeness (QED) is 0.735. The lowest BCUT2D eigenvalue weighted by molar-refractivity contribution is -0.138. The molecule has 92 valence electrons. The van der Waals surface area contributed by atoms with Crippen LogP contribution in [0.5, 0.6) is 0 Å². The van der Waals surface area contributed by atoms with E-state index in [4.69, 9.17) is 9.84 Å². The number of amides is 1. The smallest absolute Gasteiger partial charge is 0.303 e. The zero-order valence-electron chi connectivity index (χ0n) is 9.78. The summed E-state index contributed by atoms with van der Waals surface area (Å²) >= 11 is 0. The van der Waals surface area contributed by atoms with Gasteiger partial charge in [-0.3, -0.25) is 9.59 Å². The number of ether oxygens (including phenoxy) is 1. The minimum atomic E-state index is -0.848. The molecule has 1 rings (SSSR count). The Bertz CT molecular complexity index is 269. The van der Waals surface area contributed by atoms with Gasteiger partial charge < -0.3 is 15.2 Å². The number of hydrogen-bond donors (Lipinski definition) is 2. The molecule has 0 spiro atoms. The number of aliphatic carboxylic acids is 1. The van der Waals surface area contributed by atoms with Crippen LogP contribution in [0.25, 0.3) is 0 Å². The van der Waals surface area contributed by atoms with Crippen LogP contribution >= 0.6 is 0 Å². The SMILES string of the molecule is CC(C)(CCC(=O)O)NC(=O)[C@@H]1CCCO1. The molecule has 0 radical (unpaired) electrons. The number of carboxylic acid groups (broad SMARTS) is 1. The Morgan fingerprint density at radius 1 is 1.50 bits per heavy atom. The average molecular weight is 229 g/mol. The molecule has 0 aromatic heterocycles. The van der Waals surface area contributed by atoms with Gasteiger partial charge in [-0.1, -0.05) is 0 Å². The molecule has 0 saturated carbocycles. The van der Waals surface area contributed by atoms with Crippen LogP contribution in [0.2, 0.25) is 0 Å². The van der Waals surface area contributed by atoms with Gasteiger partial charge in [0.2, 0.25) is 5.91 Å². The normalized spacial score (nSPS) is 20.8. The highest BCUT2D eigenvalue weighted by molar-refractivity contribution is 5.81. The van der Waals surface area contributed by atoms with Crippen molar-refractivity contribution in [3.8, 4) is 0 Å². The number of carboxylic acids is 1. The van der Waals surface area contributed by atoms with E-state index in [-0.39, 0.29) is 18.4 Å². The third-order valence-electron chi connectivity index (χ3n) is 2.65. The van der Waals surface area contributed by atoms with Crippen LogP contribution in [-0.2, 0) is 14.3 Å². The van der Waals surface area contributed by atoms with Crippen molar-refractivity contribution >= 4 is 11.9 Å². The fourth-order valence-electron chi connectivity index (χ4n) is 1.68. The van der Waals surface area contributed by atoms with Crippen molar-refractivity contribution in [2.24, 2.45) is 0 Å². The van der Waals surface area contributed by atoms with Crippen molar-refractivity contribution in [3.63, 3.8) is 0 Å². The minimum Gasteiger partial charge on any atom is -0.481 e. The Kier molecular flexibility index (Phi) is 4.29. The van der Waals surface area contributed by atoms with Crippen molar-refractivity contribution in [2.75, 3.05) is 6.61 Å². The first kappa shape index (κ1) is 13.0. The van der Waals surface area contributed by atoms with E-state index in [1.807, 2.05) is 13.8 Å². The van der Waals surface area contributed by atoms with Gasteiger partial charge in [-0.15, -0.1) is 0 Å². The summed E-state index contributed by atoms with van der Waals surface area (Å²) in [7, 11) is 0. The van der Waals surface area contributed by atoms with Gasteiger partial charge >= 0.3 is 5.97 Å². The molecule has 1 amide bonds. The number of rotatable bonds is 5. The largest absolute Gasteiger partial charge is 0.481 e. The van der Waals surface area contributed by atoms with E-state index in [1.165, 1.54) is 0 Å². The molecule has 16 heavy (non-hydrogen) atoms. The third kappa shape index (κ3) is 4.18. The minimum absolute atomic E-state index is 0.0544. The van der Waals surface area contributed by atoms with Crippen LogP contribution in [0.4, 0.5) is 0 Å². The lowest BCUT2D eigenvalue weighted by atomic mass is 9.98. The summed E-state index contributed by atoms with van der Waals surface area (Å²) in [5.41, 5.74) is -0.499. The molecule has 1 heterocycles. The third-order valence-corrected chi connectivity index (χ3v) is 2.65. The molecule has 0 aliphatic carbocycles. The zero-order valence-corrected chi connectivity index (χ0v) is 9.78. The second-order valence-electron chi connectivity index (χ2n) is 4.77. The van der Waals surface area contributed by atoms with E-state index in [1.54, 1.807) is 0 Å². The molecule has 0 aromatic carbocycles. The molecular formula is C11H19NO4. The van der Waals surface area contributed by atoms with Gasteiger partial charge in [0.25, 0.3) is 0 Å². The molecule has 0 unspecified atom stereocenters. The average Bonchev–Trinajstić information content (AvgIpc) is 2.67. The first-order valence-corrected chi connectivity index (χ1v) is 5.56. The van der Waals surface area contributed by atoms with E-state index >= 15 is 0 Å². The number of hydrogen-bond acceptors (Lipinski definition) is 3. The summed E-state index contributed by atoms with van der Waals surface area (Å²) in [6.07, 6.45) is 1.78. The summed E-state index contributed by atoms with van der Waals surface area (Å²) in [6, 6.07) is 0. The molecule has 1 aliphatic rings. The summed E-state index contributed by atoms with van der Waals surface area (Å²) < 4.78 is 5.26. The van der Waals surface area contributed by atoms with Gasteiger partial charge in [-0.2, -0.15) is 0 Å². The number of carbonyl (C=O) groups is 2. The van der Waals surface area contributed by atoms with Crippen molar-refractivity contribution in [2.45, 2.75) is 51.2 Å². The van der Waals surface area contributed by atoms with Gasteiger partial charge in [-0.25, -0.2) is 0 Å². The van der Waals surface area contributed by atoms with Gasteiger partial charge in [-0.05, 0) is 33.1 Å². The molecular weight excluding hydrogens is 210 g/mol. The monoisotopic (exact) mass is 229 g/mol. The molecule has 1 fully saturated rings. The fraction of sp³-hybridized carbons (Fsp3) is 0.818.